The predicted molar refractivity (Wildman–Crippen MR) is 83.9 cm³/mol. The Labute approximate surface area is 130 Å². The van der Waals surface area contributed by atoms with Crippen LogP contribution in [0.15, 0.2) is 23.8 Å². The number of aliphatic hydroxyl groups is 2. The Bertz CT molecular complexity index is 521. The minimum absolute atomic E-state index is 0.143. The van der Waals surface area contributed by atoms with Crippen molar-refractivity contribution >= 4 is 12.0 Å². The average Bonchev–Trinajstić information content (AvgIpc) is 2.53. The molecule has 0 bridgehead atoms. The molecule has 1 aromatic carbocycles. The lowest BCUT2D eigenvalue weighted by Gasteiger charge is -2.21. The molecule has 0 aliphatic rings. The normalized spacial score (nSPS) is 11.2. The fourth-order valence-electron chi connectivity index (χ4n) is 2.06. The van der Waals surface area contributed by atoms with E-state index in [0.717, 1.165) is 5.56 Å². The lowest BCUT2D eigenvalue weighted by atomic mass is 10.1. The highest BCUT2D eigenvalue weighted by Crippen LogP contribution is 2.28. The SMILES string of the molecule is COc1ccc(/C=C(\C)C(=O)N(CCO)CCO)cc1OC. The first-order chi connectivity index (χ1) is 10.6. The van der Waals surface area contributed by atoms with Gasteiger partial charge in [-0.15, -0.1) is 0 Å². The first-order valence-corrected chi connectivity index (χ1v) is 6.98. The van der Waals surface area contributed by atoms with Gasteiger partial charge in [0.1, 0.15) is 0 Å². The summed E-state index contributed by atoms with van der Waals surface area (Å²) in [4.78, 5) is 13.7. The van der Waals surface area contributed by atoms with E-state index in [-0.39, 0.29) is 32.2 Å². The van der Waals surface area contributed by atoms with E-state index < -0.39 is 0 Å². The molecule has 1 aromatic rings. The van der Waals surface area contributed by atoms with Crippen LogP contribution < -0.4 is 9.47 Å². The molecular formula is C16H23NO5. The van der Waals surface area contributed by atoms with Crippen LogP contribution >= 0.6 is 0 Å². The Hall–Kier alpha value is -2.05. The third-order valence-electron chi connectivity index (χ3n) is 3.16. The van der Waals surface area contributed by atoms with Crippen LogP contribution in [0.4, 0.5) is 0 Å². The van der Waals surface area contributed by atoms with Crippen LogP contribution in [0, 0.1) is 0 Å². The number of methoxy groups -OCH3 is 2. The van der Waals surface area contributed by atoms with Crippen molar-refractivity contribution in [3.63, 3.8) is 0 Å². The summed E-state index contributed by atoms with van der Waals surface area (Å²) in [6.45, 7) is 1.79. The van der Waals surface area contributed by atoms with Crippen molar-refractivity contribution in [2.24, 2.45) is 0 Å². The molecule has 0 atom stereocenters. The number of aliphatic hydroxyl groups excluding tert-OH is 2. The van der Waals surface area contributed by atoms with Crippen LogP contribution in [0.2, 0.25) is 0 Å². The topological polar surface area (TPSA) is 79.2 Å². The summed E-state index contributed by atoms with van der Waals surface area (Å²) < 4.78 is 10.4. The van der Waals surface area contributed by atoms with Crippen molar-refractivity contribution in [2.45, 2.75) is 6.92 Å². The molecule has 0 saturated heterocycles. The first kappa shape index (κ1) is 18.0. The quantitative estimate of drug-likeness (QED) is 0.698. The maximum Gasteiger partial charge on any atom is 0.249 e. The van der Waals surface area contributed by atoms with Crippen molar-refractivity contribution in [1.29, 1.82) is 0 Å². The van der Waals surface area contributed by atoms with Gasteiger partial charge in [-0.25, -0.2) is 0 Å². The molecule has 0 aromatic heterocycles. The zero-order valence-electron chi connectivity index (χ0n) is 13.2. The second-order valence-corrected chi connectivity index (χ2v) is 4.68. The van der Waals surface area contributed by atoms with E-state index in [1.807, 2.05) is 6.07 Å². The molecule has 2 N–H and O–H groups in total. The van der Waals surface area contributed by atoms with Gasteiger partial charge >= 0.3 is 0 Å². The molecule has 0 radical (unpaired) electrons. The average molecular weight is 309 g/mol. The van der Waals surface area contributed by atoms with Gasteiger partial charge in [0, 0.05) is 18.7 Å². The second kappa shape index (κ2) is 9.07. The van der Waals surface area contributed by atoms with E-state index >= 15 is 0 Å². The summed E-state index contributed by atoms with van der Waals surface area (Å²) in [6, 6.07) is 5.36. The van der Waals surface area contributed by atoms with Gasteiger partial charge in [-0.05, 0) is 30.7 Å². The Morgan fingerprint density at radius 2 is 1.73 bits per heavy atom. The van der Waals surface area contributed by atoms with Crippen molar-refractivity contribution in [1.82, 2.24) is 4.90 Å². The molecule has 0 aliphatic heterocycles. The monoisotopic (exact) mass is 309 g/mol. The van der Waals surface area contributed by atoms with Crippen molar-refractivity contribution < 1.29 is 24.5 Å². The van der Waals surface area contributed by atoms with Crippen LogP contribution in [-0.4, -0.2) is 61.5 Å². The molecule has 0 fully saturated rings. The minimum atomic E-state index is -0.224. The van der Waals surface area contributed by atoms with Gasteiger partial charge in [-0.2, -0.15) is 0 Å². The number of hydrogen-bond acceptors (Lipinski definition) is 5. The molecule has 6 heteroatoms. The smallest absolute Gasteiger partial charge is 0.249 e. The van der Waals surface area contributed by atoms with Crippen molar-refractivity contribution in [3.8, 4) is 11.5 Å². The summed E-state index contributed by atoms with van der Waals surface area (Å²) in [6.07, 6.45) is 1.73. The van der Waals surface area contributed by atoms with E-state index in [1.165, 1.54) is 4.90 Å². The van der Waals surface area contributed by atoms with Gasteiger partial charge in [0.2, 0.25) is 5.91 Å². The number of benzene rings is 1. The molecule has 0 aliphatic carbocycles. The Morgan fingerprint density at radius 1 is 1.14 bits per heavy atom. The van der Waals surface area contributed by atoms with Crippen LogP contribution in [-0.2, 0) is 4.79 Å². The highest BCUT2D eigenvalue weighted by atomic mass is 16.5. The van der Waals surface area contributed by atoms with Crippen LogP contribution in [0.5, 0.6) is 11.5 Å². The number of amides is 1. The van der Waals surface area contributed by atoms with Gasteiger partial charge in [0.05, 0.1) is 27.4 Å². The number of rotatable bonds is 8. The molecule has 0 saturated carbocycles. The molecule has 0 spiro atoms. The fourth-order valence-corrected chi connectivity index (χ4v) is 2.06. The molecule has 1 rings (SSSR count). The van der Waals surface area contributed by atoms with Gasteiger partial charge in [-0.3, -0.25) is 4.79 Å². The predicted octanol–water partition coefficient (Wildman–Crippen LogP) is 0.920. The Morgan fingerprint density at radius 3 is 2.23 bits per heavy atom. The summed E-state index contributed by atoms with van der Waals surface area (Å²) in [7, 11) is 3.11. The van der Waals surface area contributed by atoms with E-state index in [4.69, 9.17) is 19.7 Å². The van der Waals surface area contributed by atoms with Gasteiger partial charge in [-0.1, -0.05) is 6.07 Å². The van der Waals surface area contributed by atoms with Gasteiger partial charge < -0.3 is 24.6 Å². The maximum absolute atomic E-state index is 12.3. The van der Waals surface area contributed by atoms with E-state index in [2.05, 4.69) is 0 Å². The Balaban J connectivity index is 2.97. The number of carbonyl (C=O) groups is 1. The highest BCUT2D eigenvalue weighted by molar-refractivity contribution is 5.97. The molecule has 122 valence electrons. The highest BCUT2D eigenvalue weighted by Gasteiger charge is 2.14. The molecule has 6 nitrogen and oxygen atoms in total. The third-order valence-corrected chi connectivity index (χ3v) is 3.16. The maximum atomic E-state index is 12.3. The lowest BCUT2D eigenvalue weighted by molar-refractivity contribution is -0.128. The summed E-state index contributed by atoms with van der Waals surface area (Å²) in [5, 5.41) is 18.0. The van der Waals surface area contributed by atoms with Gasteiger partial charge in [0.15, 0.2) is 11.5 Å². The van der Waals surface area contributed by atoms with Crippen molar-refractivity contribution in [2.75, 3.05) is 40.5 Å². The van der Waals surface area contributed by atoms with Crippen LogP contribution in [0.25, 0.3) is 6.08 Å². The first-order valence-electron chi connectivity index (χ1n) is 6.98. The third kappa shape index (κ3) is 4.75. The van der Waals surface area contributed by atoms with Crippen molar-refractivity contribution in [3.05, 3.63) is 29.3 Å². The Kier molecular flexibility index (Phi) is 7.42. The zero-order valence-corrected chi connectivity index (χ0v) is 13.2. The zero-order chi connectivity index (χ0) is 16.5. The minimum Gasteiger partial charge on any atom is -0.493 e. The number of hydrogen-bond donors (Lipinski definition) is 2. The largest absolute Gasteiger partial charge is 0.493 e. The van der Waals surface area contributed by atoms with E-state index in [0.29, 0.717) is 17.1 Å². The van der Waals surface area contributed by atoms with E-state index in [1.54, 1.807) is 39.4 Å². The summed E-state index contributed by atoms with van der Waals surface area (Å²) in [5.41, 5.74) is 1.31. The van der Waals surface area contributed by atoms with E-state index in [9.17, 15) is 4.79 Å². The molecule has 0 heterocycles. The van der Waals surface area contributed by atoms with Gasteiger partial charge in [0.25, 0.3) is 0 Å². The number of ether oxygens (including phenoxy) is 2. The molecular weight excluding hydrogens is 286 g/mol. The summed E-state index contributed by atoms with van der Waals surface area (Å²) in [5.74, 6) is 0.975. The van der Waals surface area contributed by atoms with Crippen LogP contribution in [0.3, 0.4) is 0 Å². The lowest BCUT2D eigenvalue weighted by Crippen LogP contribution is -2.36. The second-order valence-electron chi connectivity index (χ2n) is 4.68. The fraction of sp³-hybridized carbons (Fsp3) is 0.438. The standard InChI is InChI=1S/C16H23NO5/c1-12(16(20)17(6-8-18)7-9-19)10-13-4-5-14(21-2)15(11-13)22-3/h4-5,10-11,18-19H,6-9H2,1-3H3/b12-10+. The summed E-state index contributed by atoms with van der Waals surface area (Å²) >= 11 is 0. The number of nitrogens with zero attached hydrogens (tertiary/aromatic N) is 1. The molecule has 0 unspecified atom stereocenters. The number of carbonyl (C=O) groups excluding carboxylic acids is 1. The van der Waals surface area contributed by atoms with Crippen LogP contribution in [0.1, 0.15) is 12.5 Å². The molecule has 22 heavy (non-hydrogen) atoms. The molecule has 1 amide bonds.